The molecule has 0 radical (unpaired) electrons. The second-order valence-electron chi connectivity index (χ2n) is 3.85. The minimum Gasteiger partial charge on any atom is -0.342 e. The van der Waals surface area contributed by atoms with Gasteiger partial charge < -0.3 is 10.6 Å². The lowest BCUT2D eigenvalue weighted by Gasteiger charge is -2.25. The average molecular weight is 231 g/mol. The number of hydrogen-bond acceptors (Lipinski definition) is 3. The summed E-state index contributed by atoms with van der Waals surface area (Å²) in [6.07, 6.45) is 2.53. The Bertz CT molecular complexity index is 456. The second kappa shape index (κ2) is 4.78. The Kier molecular flexibility index (Phi) is 3.18. The fraction of sp³-hybridized carbons (Fsp3) is 0.250. The maximum absolute atomic E-state index is 11.8. The molecule has 1 saturated heterocycles. The van der Waals surface area contributed by atoms with Crippen molar-refractivity contribution >= 4 is 11.8 Å². The first-order valence-corrected chi connectivity index (χ1v) is 5.37. The molecule has 1 fully saturated rings. The molecule has 2 N–H and O–H groups in total. The van der Waals surface area contributed by atoms with Crippen molar-refractivity contribution in [3.63, 3.8) is 0 Å². The third kappa shape index (κ3) is 2.69. The van der Waals surface area contributed by atoms with Crippen LogP contribution in [-0.2, 0) is 4.79 Å². The molecule has 1 unspecified atom stereocenters. The molecule has 2 heterocycles. The van der Waals surface area contributed by atoms with Crippen LogP contribution in [0.15, 0.2) is 36.7 Å². The lowest BCUT2D eigenvalue weighted by atomic mass is 10.0. The van der Waals surface area contributed by atoms with E-state index in [-0.39, 0.29) is 17.9 Å². The molecule has 5 nitrogen and oxygen atoms in total. The van der Waals surface area contributed by atoms with E-state index in [1.807, 2.05) is 0 Å². The number of aromatic nitrogens is 1. The normalized spacial score (nSPS) is 19.6. The molecule has 1 aliphatic rings. The van der Waals surface area contributed by atoms with Crippen molar-refractivity contribution in [1.82, 2.24) is 15.6 Å². The van der Waals surface area contributed by atoms with E-state index in [1.165, 1.54) is 0 Å². The van der Waals surface area contributed by atoms with E-state index >= 15 is 0 Å². The average Bonchev–Trinajstić information content (AvgIpc) is 2.34. The lowest BCUT2D eigenvalue weighted by molar-refractivity contribution is -0.121. The van der Waals surface area contributed by atoms with Gasteiger partial charge in [0, 0.05) is 18.3 Å². The van der Waals surface area contributed by atoms with Crippen LogP contribution < -0.4 is 10.6 Å². The Balaban J connectivity index is 2.00. The number of amides is 2. The Hall–Kier alpha value is -2.17. The number of carbonyl (C=O) groups is 2. The van der Waals surface area contributed by atoms with Gasteiger partial charge in [0.2, 0.25) is 5.91 Å². The summed E-state index contributed by atoms with van der Waals surface area (Å²) >= 11 is 0. The molecule has 0 spiro atoms. The number of hydrogen-bond donors (Lipinski definition) is 2. The molecule has 0 aromatic carbocycles. The van der Waals surface area contributed by atoms with Crippen molar-refractivity contribution in [2.45, 2.75) is 18.9 Å². The fourth-order valence-corrected chi connectivity index (χ4v) is 1.67. The van der Waals surface area contributed by atoms with Crippen molar-refractivity contribution in [3.05, 3.63) is 42.4 Å². The van der Waals surface area contributed by atoms with Crippen LogP contribution in [0.5, 0.6) is 0 Å². The van der Waals surface area contributed by atoms with Crippen LogP contribution in [0.25, 0.3) is 0 Å². The molecule has 1 aromatic rings. The van der Waals surface area contributed by atoms with Gasteiger partial charge in [-0.2, -0.15) is 0 Å². The molecular weight excluding hydrogens is 218 g/mol. The minimum absolute atomic E-state index is 0.0571. The molecule has 0 aliphatic carbocycles. The number of carbonyl (C=O) groups excluding carboxylic acids is 2. The van der Waals surface area contributed by atoms with Gasteiger partial charge in [0.15, 0.2) is 0 Å². The van der Waals surface area contributed by atoms with E-state index in [0.717, 1.165) is 0 Å². The molecule has 1 aromatic heterocycles. The van der Waals surface area contributed by atoms with E-state index < -0.39 is 0 Å². The highest BCUT2D eigenvalue weighted by Gasteiger charge is 2.23. The van der Waals surface area contributed by atoms with Gasteiger partial charge in [-0.3, -0.25) is 14.6 Å². The molecule has 17 heavy (non-hydrogen) atoms. The summed E-state index contributed by atoms with van der Waals surface area (Å²) in [6, 6.07) is 4.91. The number of nitrogens with one attached hydrogen (secondary N) is 2. The summed E-state index contributed by atoms with van der Waals surface area (Å²) < 4.78 is 0. The van der Waals surface area contributed by atoms with Crippen molar-refractivity contribution in [2.75, 3.05) is 0 Å². The second-order valence-corrected chi connectivity index (χ2v) is 3.85. The quantitative estimate of drug-likeness (QED) is 0.783. The van der Waals surface area contributed by atoms with Crippen LogP contribution in [0, 0.1) is 0 Å². The van der Waals surface area contributed by atoms with Crippen LogP contribution in [0.1, 0.15) is 23.3 Å². The summed E-state index contributed by atoms with van der Waals surface area (Å²) in [5, 5.41) is 5.41. The summed E-state index contributed by atoms with van der Waals surface area (Å²) in [5.74, 6) is -0.314. The monoisotopic (exact) mass is 231 g/mol. The summed E-state index contributed by atoms with van der Waals surface area (Å²) in [5.41, 5.74) is 0.891. The maximum atomic E-state index is 11.8. The molecule has 88 valence electrons. The van der Waals surface area contributed by atoms with Gasteiger partial charge in [-0.25, -0.2) is 0 Å². The summed E-state index contributed by atoms with van der Waals surface area (Å²) in [6.45, 7) is 3.73. The van der Waals surface area contributed by atoms with Gasteiger partial charge in [0.1, 0.15) is 5.69 Å². The van der Waals surface area contributed by atoms with Crippen LogP contribution in [0.4, 0.5) is 0 Å². The van der Waals surface area contributed by atoms with E-state index in [2.05, 4.69) is 22.2 Å². The molecule has 5 heteroatoms. The Labute approximate surface area is 98.9 Å². The van der Waals surface area contributed by atoms with Gasteiger partial charge in [-0.15, -0.1) is 0 Å². The van der Waals surface area contributed by atoms with Crippen LogP contribution >= 0.6 is 0 Å². The number of rotatable bonds is 2. The number of pyridine rings is 1. The topological polar surface area (TPSA) is 71.1 Å². The third-order valence-electron chi connectivity index (χ3n) is 2.58. The predicted octanol–water partition coefficient (Wildman–Crippen LogP) is 0.604. The Morgan fingerprint density at radius 1 is 1.53 bits per heavy atom. The van der Waals surface area contributed by atoms with Crippen LogP contribution in [0.2, 0.25) is 0 Å². The van der Waals surface area contributed by atoms with Crippen molar-refractivity contribution in [1.29, 1.82) is 0 Å². The zero-order valence-electron chi connectivity index (χ0n) is 9.27. The maximum Gasteiger partial charge on any atom is 0.270 e. The Morgan fingerprint density at radius 2 is 2.35 bits per heavy atom. The largest absolute Gasteiger partial charge is 0.342 e. The highest BCUT2D eigenvalue weighted by atomic mass is 16.2. The molecule has 2 rings (SSSR count). The SMILES string of the molecule is C=C1NC(=O)CCC1NC(=O)c1ccccn1. The third-order valence-corrected chi connectivity index (χ3v) is 2.58. The van der Waals surface area contributed by atoms with Crippen LogP contribution in [0.3, 0.4) is 0 Å². The van der Waals surface area contributed by atoms with Gasteiger partial charge in [-0.05, 0) is 18.6 Å². The zero-order chi connectivity index (χ0) is 12.3. The van der Waals surface area contributed by atoms with E-state index in [4.69, 9.17) is 0 Å². The number of nitrogens with zero attached hydrogens (tertiary/aromatic N) is 1. The van der Waals surface area contributed by atoms with Crippen molar-refractivity contribution in [3.8, 4) is 0 Å². The first-order valence-electron chi connectivity index (χ1n) is 5.37. The standard InChI is InChI=1S/C12H13N3O2/c1-8-9(5-6-11(16)14-8)15-12(17)10-4-2-3-7-13-10/h2-4,7,9H,1,5-6H2,(H,14,16)(H,15,17). The zero-order valence-corrected chi connectivity index (χ0v) is 9.27. The fourth-order valence-electron chi connectivity index (χ4n) is 1.67. The summed E-state index contributed by atoms with van der Waals surface area (Å²) in [4.78, 5) is 26.8. The molecular formula is C12H13N3O2. The molecule has 1 atom stereocenters. The minimum atomic E-state index is -0.257. The molecule has 0 bridgehead atoms. The van der Waals surface area contributed by atoms with E-state index in [0.29, 0.717) is 24.2 Å². The molecule has 0 saturated carbocycles. The van der Waals surface area contributed by atoms with Gasteiger partial charge in [0.25, 0.3) is 5.91 Å². The summed E-state index contributed by atoms with van der Waals surface area (Å²) in [7, 11) is 0. The first-order chi connectivity index (χ1) is 8.16. The molecule has 2 amide bonds. The lowest BCUT2D eigenvalue weighted by Crippen LogP contribution is -2.45. The first kappa shape index (κ1) is 11.3. The van der Waals surface area contributed by atoms with E-state index in [9.17, 15) is 9.59 Å². The predicted molar refractivity (Wildman–Crippen MR) is 62.0 cm³/mol. The molecule has 1 aliphatic heterocycles. The van der Waals surface area contributed by atoms with Crippen LogP contribution in [-0.4, -0.2) is 22.8 Å². The highest BCUT2D eigenvalue weighted by molar-refractivity contribution is 5.93. The van der Waals surface area contributed by atoms with Crippen molar-refractivity contribution in [2.24, 2.45) is 0 Å². The van der Waals surface area contributed by atoms with Gasteiger partial charge >= 0.3 is 0 Å². The highest BCUT2D eigenvalue weighted by Crippen LogP contribution is 2.11. The van der Waals surface area contributed by atoms with Crippen molar-refractivity contribution < 1.29 is 9.59 Å². The van der Waals surface area contributed by atoms with Gasteiger partial charge in [0.05, 0.1) is 6.04 Å². The van der Waals surface area contributed by atoms with E-state index in [1.54, 1.807) is 24.4 Å². The smallest absolute Gasteiger partial charge is 0.270 e. The number of piperidine rings is 1. The Morgan fingerprint density at radius 3 is 3.00 bits per heavy atom. The van der Waals surface area contributed by atoms with Gasteiger partial charge in [-0.1, -0.05) is 12.6 Å².